The summed E-state index contributed by atoms with van der Waals surface area (Å²) in [5.74, 6) is -0.939. The van der Waals surface area contributed by atoms with E-state index in [0.717, 1.165) is 6.26 Å². The number of hydrogen-bond donors (Lipinski definition) is 1. The van der Waals surface area contributed by atoms with Crippen molar-refractivity contribution in [2.75, 3.05) is 11.6 Å². The number of benzene rings is 2. The summed E-state index contributed by atoms with van der Waals surface area (Å²) in [6.07, 6.45) is 1.06. The second kappa shape index (κ2) is 6.52. The monoisotopic (exact) mass is 359 g/mol. The highest BCUT2D eigenvalue weighted by atomic mass is 32.2. The quantitative estimate of drug-likeness (QED) is 0.770. The van der Waals surface area contributed by atoms with Crippen molar-refractivity contribution in [1.82, 2.24) is 0 Å². The second-order valence-electron chi connectivity index (χ2n) is 5.37. The molecule has 0 aliphatic rings. The molecule has 1 amide bonds. The van der Waals surface area contributed by atoms with Crippen LogP contribution in [0.15, 0.2) is 70.0 Å². The summed E-state index contributed by atoms with van der Waals surface area (Å²) in [7, 11) is -3.50. The fourth-order valence-corrected chi connectivity index (χ4v) is 3.19. The molecule has 0 aliphatic heterocycles. The van der Waals surface area contributed by atoms with Gasteiger partial charge in [0.25, 0.3) is 5.91 Å². The van der Waals surface area contributed by atoms with Gasteiger partial charge in [-0.3, -0.25) is 4.79 Å². The van der Waals surface area contributed by atoms with Crippen molar-refractivity contribution in [2.24, 2.45) is 0 Å². The molecule has 0 fully saturated rings. The Kier molecular flexibility index (Phi) is 4.41. The maximum atomic E-state index is 13.8. The predicted molar refractivity (Wildman–Crippen MR) is 91.6 cm³/mol. The van der Waals surface area contributed by atoms with Crippen molar-refractivity contribution in [2.45, 2.75) is 4.90 Å². The van der Waals surface area contributed by atoms with Gasteiger partial charge in [-0.05, 0) is 36.4 Å². The van der Waals surface area contributed by atoms with Crippen LogP contribution in [-0.2, 0) is 9.84 Å². The fourth-order valence-electron chi connectivity index (χ4n) is 2.34. The van der Waals surface area contributed by atoms with Crippen molar-refractivity contribution in [3.05, 3.63) is 72.2 Å². The average molecular weight is 359 g/mol. The maximum Gasteiger partial charge on any atom is 0.291 e. The number of rotatable bonds is 4. The summed E-state index contributed by atoms with van der Waals surface area (Å²) in [5, 5.41) is 2.51. The molecule has 1 heterocycles. The first-order valence-corrected chi connectivity index (χ1v) is 9.20. The van der Waals surface area contributed by atoms with E-state index < -0.39 is 21.6 Å². The highest BCUT2D eigenvalue weighted by Crippen LogP contribution is 2.26. The first kappa shape index (κ1) is 16.9. The average Bonchev–Trinajstić information content (AvgIpc) is 3.04. The predicted octanol–water partition coefficient (Wildman–Crippen LogP) is 3.74. The van der Waals surface area contributed by atoms with Crippen LogP contribution in [0.3, 0.4) is 0 Å². The van der Waals surface area contributed by atoms with E-state index >= 15 is 0 Å². The molecule has 0 saturated heterocycles. The summed E-state index contributed by atoms with van der Waals surface area (Å²) in [6, 6.07) is 15.0. The van der Waals surface area contributed by atoms with Gasteiger partial charge in [0, 0.05) is 6.26 Å². The minimum atomic E-state index is -3.50. The zero-order valence-electron chi connectivity index (χ0n) is 13.2. The molecule has 3 rings (SSSR count). The van der Waals surface area contributed by atoms with E-state index in [4.69, 9.17) is 4.42 Å². The molecule has 1 aromatic heterocycles. The van der Waals surface area contributed by atoms with Crippen molar-refractivity contribution >= 4 is 21.4 Å². The second-order valence-corrected chi connectivity index (χ2v) is 7.35. The molecule has 7 heteroatoms. The first-order chi connectivity index (χ1) is 11.9. The summed E-state index contributed by atoms with van der Waals surface area (Å²) < 4.78 is 42.8. The largest absolute Gasteiger partial charge is 0.451 e. The smallest absolute Gasteiger partial charge is 0.291 e. The molecule has 0 aliphatic carbocycles. The lowest BCUT2D eigenvalue weighted by molar-refractivity contribution is 0.0997. The van der Waals surface area contributed by atoms with Gasteiger partial charge in [-0.15, -0.1) is 0 Å². The zero-order chi connectivity index (χ0) is 18.0. The summed E-state index contributed by atoms with van der Waals surface area (Å²) in [6.45, 7) is 0. The van der Waals surface area contributed by atoms with Gasteiger partial charge in [-0.1, -0.05) is 24.3 Å². The third kappa shape index (κ3) is 3.61. The van der Waals surface area contributed by atoms with E-state index in [1.165, 1.54) is 36.4 Å². The Morgan fingerprint density at radius 3 is 2.40 bits per heavy atom. The maximum absolute atomic E-state index is 13.8. The van der Waals surface area contributed by atoms with Crippen LogP contribution >= 0.6 is 0 Å². The highest BCUT2D eigenvalue weighted by Gasteiger charge is 2.18. The van der Waals surface area contributed by atoms with Crippen LogP contribution in [0.5, 0.6) is 0 Å². The van der Waals surface area contributed by atoms with Gasteiger partial charge in [0.05, 0.1) is 16.1 Å². The molecule has 0 radical (unpaired) electrons. The van der Waals surface area contributed by atoms with Crippen LogP contribution in [-0.4, -0.2) is 20.6 Å². The van der Waals surface area contributed by atoms with E-state index in [2.05, 4.69) is 5.32 Å². The van der Waals surface area contributed by atoms with Crippen molar-refractivity contribution in [3.63, 3.8) is 0 Å². The lowest BCUT2D eigenvalue weighted by Gasteiger charge is -2.08. The summed E-state index contributed by atoms with van der Waals surface area (Å²) in [5.41, 5.74) is 0.386. The number of amides is 1. The third-order valence-corrected chi connectivity index (χ3v) is 4.66. The minimum absolute atomic E-state index is 0.00392. The molecule has 0 spiro atoms. The highest BCUT2D eigenvalue weighted by molar-refractivity contribution is 7.90. The number of sulfone groups is 1. The SMILES string of the molecule is CS(=O)(=O)c1ccccc1NC(=O)c1ccc(-c2ccccc2F)o1. The van der Waals surface area contributed by atoms with Crippen molar-refractivity contribution in [3.8, 4) is 11.3 Å². The minimum Gasteiger partial charge on any atom is -0.451 e. The lowest BCUT2D eigenvalue weighted by atomic mass is 10.1. The normalized spacial score (nSPS) is 11.3. The van der Waals surface area contributed by atoms with Crippen LogP contribution in [0.2, 0.25) is 0 Å². The van der Waals surface area contributed by atoms with E-state index in [1.54, 1.807) is 24.3 Å². The third-order valence-electron chi connectivity index (χ3n) is 3.50. The molecule has 25 heavy (non-hydrogen) atoms. The molecule has 5 nitrogen and oxygen atoms in total. The number of hydrogen-bond acceptors (Lipinski definition) is 4. The van der Waals surface area contributed by atoms with Crippen molar-refractivity contribution < 1.29 is 22.0 Å². The molecule has 0 saturated carbocycles. The van der Waals surface area contributed by atoms with E-state index in [0.29, 0.717) is 0 Å². The standard InChI is InChI=1S/C18H14FNO4S/c1-25(22,23)17-9-5-4-8-14(17)20-18(21)16-11-10-15(24-16)12-6-2-3-7-13(12)19/h2-11H,1H3,(H,20,21). The van der Waals surface area contributed by atoms with Gasteiger partial charge in [-0.2, -0.15) is 0 Å². The Morgan fingerprint density at radius 2 is 1.68 bits per heavy atom. The van der Waals surface area contributed by atoms with Gasteiger partial charge in [0.15, 0.2) is 15.6 Å². The summed E-state index contributed by atoms with van der Waals surface area (Å²) >= 11 is 0. The van der Waals surface area contributed by atoms with E-state index in [9.17, 15) is 17.6 Å². The Labute approximate surface area is 144 Å². The number of halogens is 1. The number of anilines is 1. The molecule has 2 aromatic carbocycles. The number of carbonyl (C=O) groups excluding carboxylic acids is 1. The lowest BCUT2D eigenvalue weighted by Crippen LogP contribution is -2.13. The molecule has 1 N–H and O–H groups in total. The Hall–Kier alpha value is -2.93. The van der Waals surface area contributed by atoms with E-state index in [-0.39, 0.29) is 27.7 Å². The van der Waals surface area contributed by atoms with Gasteiger partial charge in [-0.25, -0.2) is 12.8 Å². The molecule has 0 bridgehead atoms. The Morgan fingerprint density at radius 1 is 1.00 bits per heavy atom. The first-order valence-electron chi connectivity index (χ1n) is 7.31. The van der Waals surface area contributed by atoms with Gasteiger partial charge in [0.1, 0.15) is 11.6 Å². The molecule has 0 atom stereocenters. The van der Waals surface area contributed by atoms with Crippen LogP contribution in [0.25, 0.3) is 11.3 Å². The number of furan rings is 1. The van der Waals surface area contributed by atoms with Gasteiger partial charge < -0.3 is 9.73 Å². The van der Waals surface area contributed by atoms with Gasteiger partial charge >= 0.3 is 0 Å². The summed E-state index contributed by atoms with van der Waals surface area (Å²) in [4.78, 5) is 12.3. The van der Waals surface area contributed by atoms with Crippen LogP contribution in [0.4, 0.5) is 10.1 Å². The van der Waals surface area contributed by atoms with Gasteiger partial charge in [0.2, 0.25) is 0 Å². The Balaban J connectivity index is 1.88. The van der Waals surface area contributed by atoms with Crippen molar-refractivity contribution in [1.29, 1.82) is 0 Å². The molecular weight excluding hydrogens is 345 g/mol. The number of carbonyl (C=O) groups is 1. The molecular formula is C18H14FNO4S. The van der Waals surface area contributed by atoms with Crippen LogP contribution in [0, 0.1) is 5.82 Å². The van der Waals surface area contributed by atoms with E-state index in [1.807, 2.05) is 0 Å². The molecule has 0 unspecified atom stereocenters. The topological polar surface area (TPSA) is 76.4 Å². The fraction of sp³-hybridized carbons (Fsp3) is 0.0556. The van der Waals surface area contributed by atoms with Crippen LogP contribution in [0.1, 0.15) is 10.6 Å². The number of nitrogens with one attached hydrogen (secondary N) is 1. The zero-order valence-corrected chi connectivity index (χ0v) is 14.0. The molecule has 128 valence electrons. The Bertz CT molecular complexity index is 1040. The molecule has 3 aromatic rings. The number of para-hydroxylation sites is 1. The van der Waals surface area contributed by atoms with Crippen LogP contribution < -0.4 is 5.32 Å².